The molecule has 0 bridgehead atoms. The molecule has 0 saturated heterocycles. The third-order valence-corrected chi connectivity index (χ3v) is 12.2. The van der Waals surface area contributed by atoms with Gasteiger partial charge in [-0.05, 0) is 97.1 Å². The van der Waals surface area contributed by atoms with Gasteiger partial charge >= 0.3 is 11.9 Å². The minimum Gasteiger partial charge on any atom is -0.478 e. The van der Waals surface area contributed by atoms with Gasteiger partial charge in [-0.2, -0.15) is 10.2 Å². The first-order chi connectivity index (χ1) is 30.3. The molecule has 0 radical (unpaired) electrons. The van der Waals surface area contributed by atoms with Gasteiger partial charge in [-0.25, -0.2) is 28.9 Å². The Hall–Kier alpha value is -6.26. The third kappa shape index (κ3) is 11.6. The Morgan fingerprint density at radius 2 is 0.968 bits per heavy atom. The van der Waals surface area contributed by atoms with Crippen molar-refractivity contribution >= 4 is 92.4 Å². The zero-order valence-electron chi connectivity index (χ0n) is 33.2. The van der Waals surface area contributed by atoms with Crippen LogP contribution in [0.2, 0.25) is 20.1 Å². The molecule has 0 saturated carbocycles. The first-order valence-corrected chi connectivity index (χ1v) is 21.6. The van der Waals surface area contributed by atoms with E-state index in [2.05, 4.69) is 20.2 Å². The number of methoxy groups -OCH3 is 1. The molecule has 0 aliphatic rings. The predicted octanol–water partition coefficient (Wildman–Crippen LogP) is 12.4. The standard InChI is InChI=1S/C23H17Cl2N3O3S.C22H15Cl2N3O3S/c1-28-23(26-16-9-10-19(24)20(25)13-16)32-21(27-28)14-5-3-7-17(11-14)31-18-8-4-6-15(12-18)22(29)30-2;1-27-22(25-15-8-9-18(23)19(24)12-15)31-20(26-27)13-4-2-6-16(10-13)30-17-7-3-5-14(11-17)21(28)29/h3-13H,1-2H3;2-12H,1H3,(H,28,29)/b26-23+;25-22+. The highest BCUT2D eigenvalue weighted by molar-refractivity contribution is 7.12. The van der Waals surface area contributed by atoms with Gasteiger partial charge in [0.25, 0.3) is 0 Å². The zero-order valence-corrected chi connectivity index (χ0v) is 37.9. The Morgan fingerprint density at radius 1 is 0.556 bits per heavy atom. The van der Waals surface area contributed by atoms with E-state index in [1.165, 1.54) is 41.9 Å². The first kappa shape index (κ1) is 44.8. The van der Waals surface area contributed by atoms with Crippen LogP contribution in [0.15, 0.2) is 143 Å². The van der Waals surface area contributed by atoms with Crippen LogP contribution in [-0.2, 0) is 18.8 Å². The lowest BCUT2D eigenvalue weighted by Crippen LogP contribution is -2.10. The summed E-state index contributed by atoms with van der Waals surface area (Å²) in [6.45, 7) is 0. The highest BCUT2D eigenvalue weighted by Crippen LogP contribution is 2.31. The molecule has 0 unspecified atom stereocenters. The second-order valence-electron chi connectivity index (χ2n) is 13.2. The average molecular weight is 959 g/mol. The fourth-order valence-corrected chi connectivity index (χ4v) is 8.01. The van der Waals surface area contributed by atoms with E-state index in [1.807, 2.05) is 56.6 Å². The molecule has 8 rings (SSSR count). The molecular formula is C45H32Cl4N6O6S2. The summed E-state index contributed by atoms with van der Waals surface area (Å²) >= 11 is 27.0. The van der Waals surface area contributed by atoms with Gasteiger partial charge in [0.05, 0.1) is 49.7 Å². The average Bonchev–Trinajstić information content (AvgIpc) is 3.84. The van der Waals surface area contributed by atoms with Gasteiger partial charge in [-0.1, -0.05) is 105 Å². The topological polar surface area (TPSA) is 142 Å². The molecule has 18 heteroatoms. The molecule has 318 valence electrons. The van der Waals surface area contributed by atoms with Crippen molar-refractivity contribution in [1.29, 1.82) is 0 Å². The summed E-state index contributed by atoms with van der Waals surface area (Å²) in [4.78, 5) is 33.5. The van der Waals surface area contributed by atoms with E-state index in [9.17, 15) is 9.59 Å². The number of aryl methyl sites for hydroxylation is 2. The number of halogens is 4. The van der Waals surface area contributed by atoms with E-state index in [1.54, 1.807) is 88.2 Å². The molecule has 0 aliphatic carbocycles. The fourth-order valence-electron chi connectivity index (χ4n) is 5.61. The molecule has 0 fully saturated rings. The number of esters is 1. The second kappa shape index (κ2) is 20.3. The predicted molar refractivity (Wildman–Crippen MR) is 248 cm³/mol. The quantitative estimate of drug-likeness (QED) is 0.134. The molecule has 63 heavy (non-hydrogen) atoms. The molecule has 6 aromatic carbocycles. The molecule has 0 atom stereocenters. The second-order valence-corrected chi connectivity index (χ2v) is 16.7. The maximum Gasteiger partial charge on any atom is 0.337 e. The number of rotatable bonds is 10. The summed E-state index contributed by atoms with van der Waals surface area (Å²) in [5.41, 5.74) is 3.67. The Kier molecular flexibility index (Phi) is 14.4. The largest absolute Gasteiger partial charge is 0.478 e. The summed E-state index contributed by atoms with van der Waals surface area (Å²) in [6.07, 6.45) is 0. The van der Waals surface area contributed by atoms with Crippen LogP contribution in [0.4, 0.5) is 11.4 Å². The number of aromatic nitrogens is 4. The molecule has 8 aromatic rings. The molecule has 1 N–H and O–H groups in total. The van der Waals surface area contributed by atoms with Crippen LogP contribution in [0.3, 0.4) is 0 Å². The number of carbonyl (C=O) groups is 2. The van der Waals surface area contributed by atoms with Crippen molar-refractivity contribution in [3.05, 3.63) is 174 Å². The van der Waals surface area contributed by atoms with E-state index < -0.39 is 11.9 Å². The van der Waals surface area contributed by atoms with Gasteiger partial charge in [-0.15, -0.1) is 0 Å². The Balaban J connectivity index is 0.000000189. The number of benzene rings is 6. The number of carboxylic acids is 1. The first-order valence-electron chi connectivity index (χ1n) is 18.5. The molecule has 2 aromatic heterocycles. The summed E-state index contributed by atoms with van der Waals surface area (Å²) in [5, 5.41) is 21.6. The minimum atomic E-state index is -1.01. The van der Waals surface area contributed by atoms with E-state index in [0.29, 0.717) is 69.6 Å². The Bertz CT molecular complexity index is 3130. The van der Waals surface area contributed by atoms with E-state index >= 15 is 0 Å². The number of nitrogens with zero attached hydrogens (tertiary/aromatic N) is 6. The summed E-state index contributed by atoms with van der Waals surface area (Å²) in [7, 11) is 4.98. The smallest absolute Gasteiger partial charge is 0.337 e. The van der Waals surface area contributed by atoms with E-state index in [-0.39, 0.29) is 5.56 Å². The lowest BCUT2D eigenvalue weighted by molar-refractivity contribution is 0.0599. The summed E-state index contributed by atoms with van der Waals surface area (Å²) in [6, 6.07) is 38.5. The van der Waals surface area contributed by atoms with Crippen LogP contribution < -0.4 is 19.1 Å². The summed E-state index contributed by atoms with van der Waals surface area (Å²) in [5.74, 6) is 0.735. The Morgan fingerprint density at radius 3 is 1.40 bits per heavy atom. The van der Waals surface area contributed by atoms with Gasteiger partial charge < -0.3 is 19.3 Å². The molecule has 0 aliphatic heterocycles. The Labute approximate surface area is 388 Å². The van der Waals surface area contributed by atoms with Crippen LogP contribution >= 0.6 is 69.1 Å². The van der Waals surface area contributed by atoms with E-state index in [0.717, 1.165) is 21.1 Å². The van der Waals surface area contributed by atoms with Gasteiger partial charge in [0.15, 0.2) is 0 Å². The molecule has 0 amide bonds. The number of carboxylic acid groups (broad SMARTS) is 1. The van der Waals surface area contributed by atoms with Crippen molar-refractivity contribution < 1.29 is 28.9 Å². The molecule has 0 spiro atoms. The number of carbonyl (C=O) groups excluding carboxylic acids is 1. The van der Waals surface area contributed by atoms with Crippen LogP contribution in [0, 0.1) is 0 Å². The number of hydrogen-bond acceptors (Lipinski definition) is 11. The van der Waals surface area contributed by atoms with Crippen LogP contribution in [0.1, 0.15) is 20.7 Å². The molecule has 12 nitrogen and oxygen atoms in total. The number of hydrogen-bond donors (Lipinski definition) is 1. The maximum absolute atomic E-state index is 11.7. The van der Waals surface area contributed by atoms with Gasteiger partial charge in [0.1, 0.15) is 33.0 Å². The molecule has 2 heterocycles. The maximum atomic E-state index is 11.7. The van der Waals surface area contributed by atoms with Crippen LogP contribution in [0.25, 0.3) is 21.1 Å². The lowest BCUT2D eigenvalue weighted by atomic mass is 10.2. The van der Waals surface area contributed by atoms with Crippen LogP contribution in [0.5, 0.6) is 23.0 Å². The SMILES string of the molecule is COC(=O)c1cccc(Oc2cccc(-c3nn(C)/c(=N\c4ccc(Cl)c(Cl)c4)s3)c2)c1.Cn1nc(-c2cccc(Oc3cccc(C(=O)O)c3)c2)s/c1=N/c1ccc(Cl)c(Cl)c1. The van der Waals surface area contributed by atoms with Crippen molar-refractivity contribution in [3.8, 4) is 44.1 Å². The van der Waals surface area contributed by atoms with Gasteiger partial charge in [-0.3, -0.25) is 0 Å². The fraction of sp³-hybridized carbons (Fsp3) is 0.0667. The van der Waals surface area contributed by atoms with E-state index in [4.69, 9.17) is 65.7 Å². The normalized spacial score (nSPS) is 11.5. The highest BCUT2D eigenvalue weighted by atomic mass is 35.5. The monoisotopic (exact) mass is 956 g/mol. The highest BCUT2D eigenvalue weighted by Gasteiger charge is 2.12. The lowest BCUT2D eigenvalue weighted by Gasteiger charge is -2.08. The van der Waals surface area contributed by atoms with Crippen molar-refractivity contribution in [2.45, 2.75) is 0 Å². The minimum absolute atomic E-state index is 0.161. The van der Waals surface area contributed by atoms with Crippen molar-refractivity contribution in [2.24, 2.45) is 24.1 Å². The van der Waals surface area contributed by atoms with Crippen LogP contribution in [-0.4, -0.2) is 43.7 Å². The third-order valence-electron chi connectivity index (χ3n) is 8.64. The zero-order chi connectivity index (χ0) is 44.6. The molecular weight excluding hydrogens is 926 g/mol. The number of aromatic carboxylic acids is 1. The number of ether oxygens (including phenoxy) is 3. The van der Waals surface area contributed by atoms with Crippen molar-refractivity contribution in [2.75, 3.05) is 7.11 Å². The van der Waals surface area contributed by atoms with Crippen molar-refractivity contribution in [3.63, 3.8) is 0 Å². The summed E-state index contributed by atoms with van der Waals surface area (Å²) < 4.78 is 19.9. The van der Waals surface area contributed by atoms with Gasteiger partial charge in [0.2, 0.25) is 9.60 Å². The van der Waals surface area contributed by atoms with Crippen molar-refractivity contribution in [1.82, 2.24) is 19.6 Å². The van der Waals surface area contributed by atoms with Gasteiger partial charge in [0, 0.05) is 25.2 Å².